The van der Waals surface area contributed by atoms with E-state index in [9.17, 15) is 9.59 Å². The fourth-order valence-corrected chi connectivity index (χ4v) is 2.36. The zero-order valence-corrected chi connectivity index (χ0v) is 13.5. The molecule has 1 unspecified atom stereocenters. The average Bonchev–Trinajstić information content (AvgIpc) is 2.38. The van der Waals surface area contributed by atoms with Crippen molar-refractivity contribution in [2.24, 2.45) is 11.8 Å². The Morgan fingerprint density at radius 2 is 2.10 bits per heavy atom. The van der Waals surface area contributed by atoms with Crippen LogP contribution in [0.15, 0.2) is 0 Å². The van der Waals surface area contributed by atoms with Gasteiger partial charge in [0.25, 0.3) is 0 Å². The molecule has 0 saturated carbocycles. The first-order valence-corrected chi connectivity index (χ1v) is 7.19. The van der Waals surface area contributed by atoms with Gasteiger partial charge in [0.15, 0.2) is 0 Å². The van der Waals surface area contributed by atoms with Crippen molar-refractivity contribution in [3.8, 4) is 0 Å². The Morgan fingerprint density at radius 1 is 1.40 bits per heavy atom. The minimum Gasteiger partial charge on any atom is -0.465 e. The quantitative estimate of drug-likeness (QED) is 0.755. The summed E-state index contributed by atoms with van der Waals surface area (Å²) in [5.74, 6) is 0.103. The van der Waals surface area contributed by atoms with E-state index in [0.717, 1.165) is 25.9 Å². The minimum atomic E-state index is -0.319. The third kappa shape index (κ3) is 6.57. The summed E-state index contributed by atoms with van der Waals surface area (Å²) in [6.07, 6.45) is 1.93. The van der Waals surface area contributed by atoms with E-state index in [1.807, 2.05) is 13.8 Å². The maximum absolute atomic E-state index is 12.5. The number of carbonyl (C=O) groups excluding carboxylic acids is 2. The highest BCUT2D eigenvalue weighted by Crippen LogP contribution is 2.14. The predicted octanol–water partition coefficient (Wildman–Crippen LogP) is 1.46. The van der Waals surface area contributed by atoms with Crippen LogP contribution in [0.4, 0.5) is 0 Å². The highest BCUT2D eigenvalue weighted by molar-refractivity contribution is 5.85. The molecule has 1 heterocycles. The summed E-state index contributed by atoms with van der Waals surface area (Å²) in [7, 11) is 0. The lowest BCUT2D eigenvalue weighted by Crippen LogP contribution is -2.46. The molecule has 118 valence electrons. The summed E-state index contributed by atoms with van der Waals surface area (Å²) >= 11 is 0. The van der Waals surface area contributed by atoms with Gasteiger partial charge in [-0.1, -0.05) is 13.8 Å². The second kappa shape index (κ2) is 10.00. The highest BCUT2D eigenvalue weighted by atomic mass is 35.5. The molecule has 0 aromatic carbocycles. The molecule has 0 radical (unpaired) electrons. The molecule has 1 aliphatic heterocycles. The third-order valence-electron chi connectivity index (χ3n) is 3.17. The molecular formula is C14H27ClN2O3. The van der Waals surface area contributed by atoms with Crippen molar-refractivity contribution in [3.63, 3.8) is 0 Å². The topological polar surface area (TPSA) is 58.6 Å². The smallest absolute Gasteiger partial charge is 0.325 e. The first kappa shape index (κ1) is 19.2. The van der Waals surface area contributed by atoms with E-state index in [1.165, 1.54) is 0 Å². The monoisotopic (exact) mass is 306 g/mol. The van der Waals surface area contributed by atoms with Crippen LogP contribution in [0.1, 0.15) is 33.6 Å². The molecule has 0 spiro atoms. The van der Waals surface area contributed by atoms with Crippen molar-refractivity contribution < 1.29 is 14.3 Å². The molecule has 1 N–H and O–H groups in total. The number of nitrogens with zero attached hydrogens (tertiary/aromatic N) is 1. The van der Waals surface area contributed by atoms with E-state index in [4.69, 9.17) is 4.74 Å². The lowest BCUT2D eigenvalue weighted by molar-refractivity contribution is -0.150. The number of nitrogens with one attached hydrogen (secondary N) is 1. The maximum Gasteiger partial charge on any atom is 0.325 e. The van der Waals surface area contributed by atoms with Crippen molar-refractivity contribution in [1.29, 1.82) is 0 Å². The van der Waals surface area contributed by atoms with Crippen LogP contribution in [-0.4, -0.2) is 49.6 Å². The predicted molar refractivity (Wildman–Crippen MR) is 80.9 cm³/mol. The molecule has 1 aliphatic rings. The summed E-state index contributed by atoms with van der Waals surface area (Å²) in [4.78, 5) is 25.7. The van der Waals surface area contributed by atoms with Gasteiger partial charge in [-0.3, -0.25) is 9.59 Å². The number of hydrogen-bond acceptors (Lipinski definition) is 4. The largest absolute Gasteiger partial charge is 0.465 e. The standard InChI is InChI=1S/C14H26N2O3.ClH/c1-4-19-13(17)10-16(9-11(2)3)14(18)12-6-5-7-15-8-12;/h11-12,15H,4-10H2,1-3H3;1H. The van der Waals surface area contributed by atoms with Crippen LogP contribution < -0.4 is 5.32 Å². The molecule has 0 aromatic heterocycles. The average molecular weight is 307 g/mol. The summed E-state index contributed by atoms with van der Waals surface area (Å²) in [5.41, 5.74) is 0. The van der Waals surface area contributed by atoms with Gasteiger partial charge < -0.3 is 15.0 Å². The summed E-state index contributed by atoms with van der Waals surface area (Å²) in [5, 5.41) is 3.24. The number of carbonyl (C=O) groups is 2. The molecule has 6 heteroatoms. The zero-order valence-electron chi connectivity index (χ0n) is 12.7. The fourth-order valence-electron chi connectivity index (χ4n) is 2.36. The molecular weight excluding hydrogens is 280 g/mol. The van der Waals surface area contributed by atoms with Gasteiger partial charge in [0.2, 0.25) is 5.91 Å². The number of ether oxygens (including phenoxy) is 1. The van der Waals surface area contributed by atoms with Crippen LogP contribution in [0.3, 0.4) is 0 Å². The molecule has 1 rings (SSSR count). The molecule has 20 heavy (non-hydrogen) atoms. The van der Waals surface area contributed by atoms with Gasteiger partial charge in [0.05, 0.1) is 12.5 Å². The summed E-state index contributed by atoms with van der Waals surface area (Å²) in [6.45, 7) is 8.60. The fraction of sp³-hybridized carbons (Fsp3) is 0.857. The van der Waals surface area contributed by atoms with E-state index < -0.39 is 0 Å². The Labute approximate surface area is 127 Å². The van der Waals surface area contributed by atoms with Gasteiger partial charge in [0.1, 0.15) is 6.54 Å². The Bertz CT molecular complexity index is 305. The maximum atomic E-state index is 12.5. The minimum absolute atomic E-state index is 0. The Hall–Kier alpha value is -0.810. The molecule has 1 fully saturated rings. The van der Waals surface area contributed by atoms with E-state index >= 15 is 0 Å². The van der Waals surface area contributed by atoms with Gasteiger partial charge in [-0.15, -0.1) is 12.4 Å². The van der Waals surface area contributed by atoms with Crippen LogP contribution in [0, 0.1) is 11.8 Å². The Kier molecular flexibility index (Phi) is 9.59. The number of halogens is 1. The van der Waals surface area contributed by atoms with Gasteiger partial charge in [-0.05, 0) is 32.2 Å². The van der Waals surface area contributed by atoms with Crippen molar-refractivity contribution in [2.45, 2.75) is 33.6 Å². The van der Waals surface area contributed by atoms with Crippen LogP contribution in [0.5, 0.6) is 0 Å². The Morgan fingerprint density at radius 3 is 2.60 bits per heavy atom. The molecule has 1 saturated heterocycles. The van der Waals surface area contributed by atoms with Crippen molar-refractivity contribution in [3.05, 3.63) is 0 Å². The molecule has 0 bridgehead atoms. The SMILES string of the molecule is CCOC(=O)CN(CC(C)C)C(=O)C1CCCNC1.Cl. The van der Waals surface area contributed by atoms with Gasteiger partial charge >= 0.3 is 5.97 Å². The molecule has 0 aliphatic carbocycles. The van der Waals surface area contributed by atoms with Crippen molar-refractivity contribution in [1.82, 2.24) is 10.2 Å². The van der Waals surface area contributed by atoms with Crippen LogP contribution in [0.25, 0.3) is 0 Å². The number of esters is 1. The lowest BCUT2D eigenvalue weighted by atomic mass is 9.97. The second-order valence-electron chi connectivity index (χ2n) is 5.46. The van der Waals surface area contributed by atoms with Crippen LogP contribution >= 0.6 is 12.4 Å². The molecule has 1 atom stereocenters. The molecule has 5 nitrogen and oxygen atoms in total. The number of hydrogen-bond donors (Lipinski definition) is 1. The number of rotatable bonds is 6. The lowest BCUT2D eigenvalue weighted by Gasteiger charge is -2.30. The number of piperidine rings is 1. The second-order valence-corrected chi connectivity index (χ2v) is 5.46. The summed E-state index contributed by atoms with van der Waals surface area (Å²) in [6, 6.07) is 0. The summed E-state index contributed by atoms with van der Waals surface area (Å²) < 4.78 is 4.94. The van der Waals surface area contributed by atoms with Gasteiger partial charge in [-0.2, -0.15) is 0 Å². The van der Waals surface area contributed by atoms with Gasteiger partial charge in [-0.25, -0.2) is 0 Å². The van der Waals surface area contributed by atoms with Crippen molar-refractivity contribution >= 4 is 24.3 Å². The molecule has 0 aromatic rings. The first-order chi connectivity index (χ1) is 9.04. The zero-order chi connectivity index (χ0) is 14.3. The van der Waals surface area contributed by atoms with Crippen molar-refractivity contribution in [2.75, 3.05) is 32.8 Å². The van der Waals surface area contributed by atoms with E-state index in [1.54, 1.807) is 11.8 Å². The third-order valence-corrected chi connectivity index (χ3v) is 3.17. The van der Waals surface area contributed by atoms with E-state index in [0.29, 0.717) is 19.1 Å². The van der Waals surface area contributed by atoms with E-state index in [2.05, 4.69) is 5.32 Å². The van der Waals surface area contributed by atoms with Gasteiger partial charge in [0, 0.05) is 13.1 Å². The van der Waals surface area contributed by atoms with Crippen LogP contribution in [-0.2, 0) is 14.3 Å². The Balaban J connectivity index is 0.00000361. The van der Waals surface area contributed by atoms with E-state index in [-0.39, 0.29) is 36.7 Å². The highest BCUT2D eigenvalue weighted by Gasteiger charge is 2.27. The number of amides is 1. The first-order valence-electron chi connectivity index (χ1n) is 7.19. The van der Waals surface area contributed by atoms with Crippen LogP contribution in [0.2, 0.25) is 0 Å². The normalized spacial score (nSPS) is 18.3. The molecule has 1 amide bonds.